The number of nitrogens with zero attached hydrogens (tertiary/aromatic N) is 3. The molecule has 0 spiro atoms. The molecule has 1 amide bonds. The van der Waals surface area contributed by atoms with E-state index in [0.717, 1.165) is 42.7 Å². The molecule has 2 aliphatic rings. The lowest BCUT2D eigenvalue weighted by atomic mass is 10.0. The van der Waals surface area contributed by atoms with Gasteiger partial charge in [0.25, 0.3) is 5.91 Å². The Kier molecular flexibility index (Phi) is 5.40. The molecule has 1 aliphatic carbocycles. The van der Waals surface area contributed by atoms with Gasteiger partial charge in [0.15, 0.2) is 5.69 Å². The summed E-state index contributed by atoms with van der Waals surface area (Å²) in [5, 5.41) is 6.85. The second-order valence-electron chi connectivity index (χ2n) is 7.94. The van der Waals surface area contributed by atoms with Gasteiger partial charge in [0, 0.05) is 36.9 Å². The van der Waals surface area contributed by atoms with Gasteiger partial charge in [0.1, 0.15) is 0 Å². The number of likely N-dealkylation sites (tertiary alicyclic amines) is 1. The lowest BCUT2D eigenvalue weighted by Gasteiger charge is -2.32. The molecular weight excluding hydrogens is 397 g/mol. The zero-order valence-electron chi connectivity index (χ0n) is 16.6. The smallest absolute Gasteiger partial charge is 0.348 e. The zero-order chi connectivity index (χ0) is 21.5. The highest BCUT2D eigenvalue weighted by Crippen LogP contribution is 2.33. The highest BCUT2D eigenvalue weighted by molar-refractivity contribution is 5.92. The largest absolute Gasteiger partial charge is 0.418 e. The maximum Gasteiger partial charge on any atom is 0.418 e. The summed E-state index contributed by atoms with van der Waals surface area (Å²) in [7, 11) is 0. The molecule has 1 saturated carbocycles. The summed E-state index contributed by atoms with van der Waals surface area (Å²) in [5.41, 5.74) is -1.91. The molecule has 1 saturated heterocycles. The minimum absolute atomic E-state index is 0.0779. The van der Waals surface area contributed by atoms with Gasteiger partial charge in [0.2, 0.25) is 5.43 Å². The highest BCUT2D eigenvalue weighted by Gasteiger charge is 2.35. The van der Waals surface area contributed by atoms with E-state index in [9.17, 15) is 22.8 Å². The van der Waals surface area contributed by atoms with Crippen molar-refractivity contribution < 1.29 is 18.0 Å². The number of piperidine rings is 1. The second kappa shape index (κ2) is 7.86. The molecule has 9 heteroatoms. The third kappa shape index (κ3) is 4.26. The Labute approximate surface area is 171 Å². The van der Waals surface area contributed by atoms with Crippen LogP contribution in [0.15, 0.2) is 35.1 Å². The summed E-state index contributed by atoms with van der Waals surface area (Å²) in [6.07, 6.45) is -0.587. The van der Waals surface area contributed by atoms with Crippen molar-refractivity contribution in [3.63, 3.8) is 0 Å². The van der Waals surface area contributed by atoms with Crippen LogP contribution in [0.2, 0.25) is 0 Å². The number of aromatic nitrogens is 2. The van der Waals surface area contributed by atoms with Gasteiger partial charge in [-0.25, -0.2) is 4.68 Å². The van der Waals surface area contributed by atoms with E-state index in [0.29, 0.717) is 6.04 Å². The van der Waals surface area contributed by atoms with Gasteiger partial charge >= 0.3 is 6.18 Å². The number of hydrogen-bond donors (Lipinski definition) is 1. The van der Waals surface area contributed by atoms with Gasteiger partial charge in [-0.05, 0) is 44.7 Å². The molecule has 30 heavy (non-hydrogen) atoms. The van der Waals surface area contributed by atoms with E-state index in [1.807, 2.05) is 0 Å². The monoisotopic (exact) mass is 420 g/mol. The molecule has 160 valence electrons. The van der Waals surface area contributed by atoms with Crippen molar-refractivity contribution in [2.75, 3.05) is 13.1 Å². The van der Waals surface area contributed by atoms with Crippen LogP contribution in [0.4, 0.5) is 13.2 Å². The van der Waals surface area contributed by atoms with Crippen LogP contribution >= 0.6 is 0 Å². The van der Waals surface area contributed by atoms with Crippen molar-refractivity contribution in [3.05, 3.63) is 57.5 Å². The van der Waals surface area contributed by atoms with Gasteiger partial charge in [-0.3, -0.25) is 9.59 Å². The Morgan fingerprint density at radius 2 is 1.80 bits per heavy atom. The Hall–Kier alpha value is -2.68. The molecule has 1 aliphatic heterocycles. The third-order valence-corrected chi connectivity index (χ3v) is 5.69. The fourth-order valence-electron chi connectivity index (χ4n) is 3.95. The second-order valence-corrected chi connectivity index (χ2v) is 7.94. The minimum atomic E-state index is -4.59. The normalized spacial score (nSPS) is 18.4. The molecule has 0 bridgehead atoms. The average molecular weight is 420 g/mol. The molecular formula is C21H23F3N4O2. The molecule has 2 fully saturated rings. The van der Waals surface area contributed by atoms with Crippen LogP contribution in [0.1, 0.15) is 47.4 Å². The first-order valence-electron chi connectivity index (χ1n) is 10.1. The molecule has 6 nitrogen and oxygen atoms in total. The van der Waals surface area contributed by atoms with Gasteiger partial charge in [-0.15, -0.1) is 0 Å². The van der Waals surface area contributed by atoms with Crippen LogP contribution in [0.3, 0.4) is 0 Å². The van der Waals surface area contributed by atoms with Crippen LogP contribution in [0, 0.1) is 6.92 Å². The molecule has 4 rings (SSSR count). The molecule has 1 N–H and O–H groups in total. The Bertz CT molecular complexity index is 1010. The number of halogens is 3. The number of alkyl halides is 3. The van der Waals surface area contributed by atoms with Crippen molar-refractivity contribution in [1.82, 2.24) is 20.0 Å². The number of carbonyl (C=O) groups excluding carboxylic acids is 1. The standard InChI is InChI=1S/C21H23F3N4O2/c1-13-12-18(29)19(20(30)25-14-8-10-27(11-9-14)15-6-7-15)26-28(13)17-5-3-2-4-16(17)21(22,23)24/h2-5,12,14-15H,6-11H2,1H3,(H,25,30). The number of rotatable bonds is 4. The van der Waals surface area contributed by atoms with Crippen LogP contribution in [0.5, 0.6) is 0 Å². The summed E-state index contributed by atoms with van der Waals surface area (Å²) >= 11 is 0. The van der Waals surface area contributed by atoms with Crippen LogP contribution in [0.25, 0.3) is 5.69 Å². The highest BCUT2D eigenvalue weighted by atomic mass is 19.4. The van der Waals surface area contributed by atoms with Crippen LogP contribution in [-0.4, -0.2) is 45.8 Å². The van der Waals surface area contributed by atoms with E-state index in [1.165, 1.54) is 38.0 Å². The van der Waals surface area contributed by atoms with Crippen LogP contribution in [-0.2, 0) is 6.18 Å². The van der Waals surface area contributed by atoms with E-state index < -0.39 is 28.8 Å². The first-order chi connectivity index (χ1) is 14.2. The van der Waals surface area contributed by atoms with Crippen LogP contribution < -0.4 is 10.7 Å². The number of benzene rings is 1. The molecule has 2 heterocycles. The summed E-state index contributed by atoms with van der Waals surface area (Å²) < 4.78 is 41.3. The fourth-order valence-corrected chi connectivity index (χ4v) is 3.95. The molecule has 1 aromatic heterocycles. The van der Waals surface area contributed by atoms with Crippen molar-refractivity contribution in [2.45, 2.75) is 50.9 Å². The average Bonchev–Trinajstić information content (AvgIpc) is 3.53. The summed E-state index contributed by atoms with van der Waals surface area (Å²) in [6.45, 7) is 3.26. The Morgan fingerprint density at radius 3 is 2.43 bits per heavy atom. The summed E-state index contributed by atoms with van der Waals surface area (Å²) in [5.74, 6) is -0.650. The molecule has 0 radical (unpaired) electrons. The van der Waals surface area contributed by atoms with E-state index in [4.69, 9.17) is 0 Å². The molecule has 0 atom stereocenters. The number of para-hydroxylation sites is 1. The van der Waals surface area contributed by atoms with Crippen molar-refractivity contribution in [2.24, 2.45) is 0 Å². The first kappa shape index (κ1) is 20.6. The van der Waals surface area contributed by atoms with Crippen molar-refractivity contribution in [3.8, 4) is 5.69 Å². The number of nitrogens with one attached hydrogen (secondary N) is 1. The van der Waals surface area contributed by atoms with Gasteiger partial charge in [-0.2, -0.15) is 18.3 Å². The number of carbonyl (C=O) groups is 1. The predicted molar refractivity (Wildman–Crippen MR) is 105 cm³/mol. The van der Waals surface area contributed by atoms with E-state index >= 15 is 0 Å². The van der Waals surface area contributed by atoms with Crippen molar-refractivity contribution in [1.29, 1.82) is 0 Å². The number of amides is 1. The third-order valence-electron chi connectivity index (χ3n) is 5.69. The maximum absolute atomic E-state index is 13.4. The number of aryl methyl sites for hydroxylation is 1. The van der Waals surface area contributed by atoms with Gasteiger partial charge in [-0.1, -0.05) is 12.1 Å². The lowest BCUT2D eigenvalue weighted by molar-refractivity contribution is -0.137. The molecule has 2 aromatic rings. The minimum Gasteiger partial charge on any atom is -0.348 e. The lowest BCUT2D eigenvalue weighted by Crippen LogP contribution is -2.46. The SMILES string of the molecule is Cc1cc(=O)c(C(=O)NC2CCN(C3CC3)CC2)nn1-c1ccccc1C(F)(F)F. The zero-order valence-corrected chi connectivity index (χ0v) is 16.6. The summed E-state index contributed by atoms with van der Waals surface area (Å²) in [6, 6.07) is 6.69. The number of hydrogen-bond acceptors (Lipinski definition) is 4. The topological polar surface area (TPSA) is 67.2 Å². The molecule has 0 unspecified atom stereocenters. The van der Waals surface area contributed by atoms with E-state index in [2.05, 4.69) is 15.3 Å². The predicted octanol–water partition coefficient (Wildman–Crippen LogP) is 2.92. The Morgan fingerprint density at radius 1 is 1.13 bits per heavy atom. The molecule has 1 aromatic carbocycles. The quantitative estimate of drug-likeness (QED) is 0.826. The summed E-state index contributed by atoms with van der Waals surface area (Å²) in [4.78, 5) is 27.5. The maximum atomic E-state index is 13.4. The van der Waals surface area contributed by atoms with E-state index in [1.54, 1.807) is 0 Å². The Balaban J connectivity index is 1.58. The van der Waals surface area contributed by atoms with Gasteiger partial charge in [0.05, 0.1) is 11.3 Å². The fraction of sp³-hybridized carbons (Fsp3) is 0.476. The van der Waals surface area contributed by atoms with Crippen molar-refractivity contribution >= 4 is 5.91 Å². The van der Waals surface area contributed by atoms with Gasteiger partial charge < -0.3 is 10.2 Å². The van der Waals surface area contributed by atoms with E-state index in [-0.39, 0.29) is 17.4 Å². The first-order valence-corrected chi connectivity index (χ1v) is 10.1.